The van der Waals surface area contributed by atoms with Crippen LogP contribution < -0.4 is 20.9 Å². The zero-order chi connectivity index (χ0) is 37.6. The number of halogens is 7. The molecule has 2 aliphatic rings. The molecule has 3 N–H and O–H groups in total. The molecule has 0 spiro atoms. The maximum absolute atomic E-state index is 13.5. The van der Waals surface area contributed by atoms with Gasteiger partial charge in [-0.15, -0.1) is 0 Å². The molecular formula is C35H30F7N11. The van der Waals surface area contributed by atoms with Gasteiger partial charge in [0.15, 0.2) is 0 Å². The molecule has 18 heteroatoms. The molecule has 11 nitrogen and oxygen atoms in total. The normalized spacial score (nSPS) is 13.9. The van der Waals surface area contributed by atoms with Crippen LogP contribution >= 0.6 is 0 Å². The molecule has 0 bridgehead atoms. The molecule has 1 aromatic carbocycles. The molecule has 0 aliphatic carbocycles. The Morgan fingerprint density at radius 3 is 1.87 bits per heavy atom. The Morgan fingerprint density at radius 2 is 1.32 bits per heavy atom. The average molecular weight is 738 g/mol. The van der Waals surface area contributed by atoms with Crippen molar-refractivity contribution in [3.63, 3.8) is 0 Å². The van der Waals surface area contributed by atoms with Crippen LogP contribution in [0.25, 0.3) is 0 Å². The standard InChI is InChI=1S/C21H16F4N6.C14H14F3N5/c22-15-2-3-18(14(7-15)8-26)31-6-5-17-16(11-31)20(30-12-29-17)28-10-13-1-4-19(27-9-13)21(23,24)25;15-14(16,17)12-2-1-9(5-19-12)6-20-13-10-7-18-4-3-11(10)21-8-22-13/h1-4,7,9,12H,5-6,10-11H2,(H,28,29,30);1-2,5,8,18H,3-4,6-7H2,(H,20,21,22). The number of hydrogen-bond acceptors (Lipinski definition) is 11. The quantitative estimate of drug-likeness (QED) is 0.164. The van der Waals surface area contributed by atoms with E-state index in [0.29, 0.717) is 61.0 Å². The van der Waals surface area contributed by atoms with E-state index in [1.54, 1.807) is 6.07 Å². The largest absolute Gasteiger partial charge is 0.433 e. The third kappa shape index (κ3) is 9.10. The molecular weight excluding hydrogens is 707 g/mol. The van der Waals surface area contributed by atoms with Gasteiger partial charge in [-0.05, 0) is 41.5 Å². The molecule has 2 aliphatic heterocycles. The van der Waals surface area contributed by atoms with Gasteiger partial charge in [0.2, 0.25) is 0 Å². The molecule has 53 heavy (non-hydrogen) atoms. The fourth-order valence-electron chi connectivity index (χ4n) is 5.76. The van der Waals surface area contributed by atoms with E-state index in [0.717, 1.165) is 47.6 Å². The van der Waals surface area contributed by atoms with Crippen LogP contribution in [0.5, 0.6) is 0 Å². The zero-order valence-electron chi connectivity index (χ0n) is 27.7. The highest BCUT2D eigenvalue weighted by atomic mass is 19.4. The van der Waals surface area contributed by atoms with E-state index in [1.165, 1.54) is 49.3 Å². The van der Waals surface area contributed by atoms with E-state index < -0.39 is 29.6 Å². The second-order valence-electron chi connectivity index (χ2n) is 12.0. The van der Waals surface area contributed by atoms with Crippen LogP contribution in [-0.4, -0.2) is 43.0 Å². The summed E-state index contributed by atoms with van der Waals surface area (Å²) in [4.78, 5) is 25.9. The van der Waals surface area contributed by atoms with Crippen molar-refractivity contribution in [2.24, 2.45) is 0 Å². The van der Waals surface area contributed by atoms with E-state index >= 15 is 0 Å². The molecule has 6 heterocycles. The van der Waals surface area contributed by atoms with Crippen molar-refractivity contribution in [2.45, 2.75) is 51.4 Å². The van der Waals surface area contributed by atoms with E-state index in [1.807, 2.05) is 11.0 Å². The minimum Gasteiger partial charge on any atom is -0.366 e. The van der Waals surface area contributed by atoms with E-state index in [-0.39, 0.29) is 12.1 Å². The minimum atomic E-state index is -4.48. The van der Waals surface area contributed by atoms with Gasteiger partial charge >= 0.3 is 12.4 Å². The topological polar surface area (TPSA) is 140 Å². The predicted octanol–water partition coefficient (Wildman–Crippen LogP) is 6.22. The SMILES string of the molecule is FC(F)(F)c1ccc(CNc2ncnc3c2CNCC3)cn1.N#Cc1cc(F)ccc1N1CCc2ncnc(NCc3ccc(C(F)(F)F)nc3)c2C1. The van der Waals surface area contributed by atoms with Crippen LogP contribution in [0.4, 0.5) is 48.1 Å². The highest BCUT2D eigenvalue weighted by Gasteiger charge is 2.33. The predicted molar refractivity (Wildman–Crippen MR) is 178 cm³/mol. The number of anilines is 3. The van der Waals surface area contributed by atoms with Gasteiger partial charge in [-0.1, -0.05) is 12.1 Å². The molecule has 0 atom stereocenters. The van der Waals surface area contributed by atoms with Crippen LogP contribution in [-0.2, 0) is 51.4 Å². The summed E-state index contributed by atoms with van der Waals surface area (Å²) in [6, 6.07) is 10.8. The summed E-state index contributed by atoms with van der Waals surface area (Å²) in [6.45, 7) is 3.16. The van der Waals surface area contributed by atoms with Gasteiger partial charge in [0.05, 0.1) is 22.6 Å². The summed E-state index contributed by atoms with van der Waals surface area (Å²) < 4.78 is 88.9. The fourth-order valence-corrected chi connectivity index (χ4v) is 5.76. The lowest BCUT2D eigenvalue weighted by atomic mass is 10.0. The Kier molecular flexibility index (Phi) is 10.9. The van der Waals surface area contributed by atoms with Crippen LogP contribution in [0.1, 0.15) is 50.6 Å². The molecule has 274 valence electrons. The van der Waals surface area contributed by atoms with Crippen molar-refractivity contribution in [3.8, 4) is 6.07 Å². The third-order valence-corrected chi connectivity index (χ3v) is 8.45. The van der Waals surface area contributed by atoms with E-state index in [9.17, 15) is 36.0 Å². The first-order valence-electron chi connectivity index (χ1n) is 16.2. The molecule has 0 amide bonds. The first-order valence-corrected chi connectivity index (χ1v) is 16.2. The number of nitriles is 1. The fraction of sp³-hybridized carbons (Fsp3) is 0.286. The molecule has 0 radical (unpaired) electrons. The number of hydrogen-bond donors (Lipinski definition) is 3. The van der Waals surface area contributed by atoms with Crippen LogP contribution in [0, 0.1) is 17.1 Å². The Morgan fingerprint density at radius 1 is 0.736 bits per heavy atom. The molecule has 0 saturated carbocycles. The number of fused-ring (bicyclic) bond motifs is 2. The van der Waals surface area contributed by atoms with Gasteiger partial charge in [-0.2, -0.15) is 31.6 Å². The smallest absolute Gasteiger partial charge is 0.366 e. The number of aromatic nitrogens is 6. The van der Waals surface area contributed by atoms with Gasteiger partial charge < -0.3 is 20.9 Å². The van der Waals surface area contributed by atoms with Crippen molar-refractivity contribution in [1.82, 2.24) is 35.2 Å². The van der Waals surface area contributed by atoms with Gasteiger partial charge in [-0.3, -0.25) is 9.97 Å². The lowest BCUT2D eigenvalue weighted by molar-refractivity contribution is -0.142. The lowest BCUT2D eigenvalue weighted by Crippen LogP contribution is -2.32. The Labute approximate surface area is 298 Å². The molecule has 5 aromatic rings. The number of alkyl halides is 6. The van der Waals surface area contributed by atoms with Crippen molar-refractivity contribution in [2.75, 3.05) is 28.6 Å². The number of benzene rings is 1. The maximum atomic E-state index is 13.5. The molecule has 0 saturated heterocycles. The van der Waals surface area contributed by atoms with Gasteiger partial charge in [0.25, 0.3) is 0 Å². The highest BCUT2D eigenvalue weighted by molar-refractivity contribution is 5.62. The van der Waals surface area contributed by atoms with Crippen molar-refractivity contribution < 1.29 is 30.7 Å². The van der Waals surface area contributed by atoms with Crippen LogP contribution in [0.2, 0.25) is 0 Å². The summed E-state index contributed by atoms with van der Waals surface area (Å²) in [5, 5.41) is 18.9. The number of pyridine rings is 2. The molecule has 4 aromatic heterocycles. The van der Waals surface area contributed by atoms with E-state index in [2.05, 4.69) is 45.9 Å². The molecule has 7 rings (SSSR count). The Bertz CT molecular complexity index is 2080. The summed E-state index contributed by atoms with van der Waals surface area (Å²) in [5.74, 6) is 0.779. The first-order chi connectivity index (χ1) is 25.4. The number of rotatable bonds is 7. The van der Waals surface area contributed by atoms with Gasteiger partial charge in [-0.25, -0.2) is 24.3 Å². The average Bonchev–Trinajstić information content (AvgIpc) is 3.16. The van der Waals surface area contributed by atoms with Crippen LogP contribution in [0.15, 0.2) is 67.5 Å². The summed E-state index contributed by atoms with van der Waals surface area (Å²) >= 11 is 0. The van der Waals surface area contributed by atoms with E-state index in [4.69, 9.17) is 0 Å². The number of nitrogens with one attached hydrogen (secondary N) is 3. The van der Waals surface area contributed by atoms with Crippen molar-refractivity contribution in [3.05, 3.63) is 124 Å². The maximum Gasteiger partial charge on any atom is 0.433 e. The Hall–Kier alpha value is -5.96. The highest BCUT2D eigenvalue weighted by Crippen LogP contribution is 2.31. The third-order valence-electron chi connectivity index (χ3n) is 8.45. The first kappa shape index (κ1) is 36.8. The minimum absolute atomic E-state index is 0.231. The molecule has 0 fully saturated rings. The van der Waals surface area contributed by atoms with Gasteiger partial charge in [0, 0.05) is 75.6 Å². The van der Waals surface area contributed by atoms with Crippen molar-refractivity contribution in [1.29, 1.82) is 5.26 Å². The zero-order valence-corrected chi connectivity index (χ0v) is 27.7. The summed E-state index contributed by atoms with van der Waals surface area (Å²) in [5.41, 5.74) is 3.93. The van der Waals surface area contributed by atoms with Crippen molar-refractivity contribution >= 4 is 17.3 Å². The Balaban J connectivity index is 0.000000192. The number of nitrogens with zero attached hydrogens (tertiary/aromatic N) is 8. The second kappa shape index (κ2) is 15.7. The molecule has 0 unspecified atom stereocenters. The monoisotopic (exact) mass is 737 g/mol. The van der Waals surface area contributed by atoms with Gasteiger partial charge in [0.1, 0.15) is 47.6 Å². The summed E-state index contributed by atoms with van der Waals surface area (Å²) in [7, 11) is 0. The second-order valence-corrected chi connectivity index (χ2v) is 12.0. The van der Waals surface area contributed by atoms with Crippen LogP contribution in [0.3, 0.4) is 0 Å². The lowest BCUT2D eigenvalue weighted by Gasteiger charge is -2.31. The summed E-state index contributed by atoms with van der Waals surface area (Å²) in [6.07, 6.45) is -2.12.